The van der Waals surface area contributed by atoms with Crippen molar-refractivity contribution in [1.82, 2.24) is 0 Å². The largest absolute Gasteiger partial charge is 0.381 e. The molecule has 0 spiro atoms. The highest BCUT2D eigenvalue weighted by atomic mass is 127. The Morgan fingerprint density at radius 3 is 2.43 bits per heavy atom. The second kappa shape index (κ2) is 6.84. The first-order valence-corrected chi connectivity index (χ1v) is 7.39. The van der Waals surface area contributed by atoms with Crippen molar-refractivity contribution in [2.45, 2.75) is 6.92 Å². The summed E-state index contributed by atoms with van der Waals surface area (Å²) in [6, 6.07) is 9.17. The van der Waals surface area contributed by atoms with Crippen LogP contribution in [-0.2, 0) is 0 Å². The average molecular weight is 402 g/mol. The number of hydrogen-bond acceptors (Lipinski definition) is 2. The Hall–Kier alpha value is -1.70. The van der Waals surface area contributed by atoms with Crippen molar-refractivity contribution in [2.75, 3.05) is 17.2 Å². The van der Waals surface area contributed by atoms with E-state index in [0.29, 0.717) is 12.2 Å². The Morgan fingerprint density at radius 2 is 1.86 bits per heavy atom. The molecule has 21 heavy (non-hydrogen) atoms. The van der Waals surface area contributed by atoms with Crippen LogP contribution in [0.3, 0.4) is 0 Å². The molecule has 0 fully saturated rings. The van der Waals surface area contributed by atoms with Gasteiger partial charge in [-0.3, -0.25) is 4.79 Å². The van der Waals surface area contributed by atoms with E-state index in [2.05, 4.69) is 33.2 Å². The molecule has 0 unspecified atom stereocenters. The van der Waals surface area contributed by atoms with Crippen LogP contribution in [0.2, 0.25) is 0 Å². The molecule has 0 saturated heterocycles. The highest BCUT2D eigenvalue weighted by Gasteiger charge is 2.15. The standard InChI is InChI=1S/C15H13F2IN2O/c1-2-19-14-12(16)6-9(7-13(14)17)15(21)20-11-5-3-4-10(18)8-11/h3-8,19H,2H2,1H3,(H,20,21). The number of carbonyl (C=O) groups is 1. The van der Waals surface area contributed by atoms with E-state index in [4.69, 9.17) is 0 Å². The van der Waals surface area contributed by atoms with Crippen LogP contribution in [0.1, 0.15) is 17.3 Å². The van der Waals surface area contributed by atoms with Crippen molar-refractivity contribution < 1.29 is 13.6 Å². The lowest BCUT2D eigenvalue weighted by atomic mass is 10.1. The minimum atomic E-state index is -0.787. The Bertz CT molecular complexity index is 653. The lowest BCUT2D eigenvalue weighted by Crippen LogP contribution is -2.13. The van der Waals surface area contributed by atoms with E-state index in [1.54, 1.807) is 25.1 Å². The molecule has 0 heterocycles. The summed E-state index contributed by atoms with van der Waals surface area (Å²) in [5.74, 6) is -2.13. The van der Waals surface area contributed by atoms with Crippen molar-refractivity contribution in [2.24, 2.45) is 0 Å². The molecule has 2 aromatic rings. The van der Waals surface area contributed by atoms with Crippen LogP contribution in [-0.4, -0.2) is 12.5 Å². The van der Waals surface area contributed by atoms with Crippen LogP contribution in [0.15, 0.2) is 36.4 Å². The molecule has 1 amide bonds. The van der Waals surface area contributed by atoms with E-state index >= 15 is 0 Å². The minimum absolute atomic E-state index is 0.0643. The molecule has 3 nitrogen and oxygen atoms in total. The minimum Gasteiger partial charge on any atom is -0.381 e. The van der Waals surface area contributed by atoms with Gasteiger partial charge < -0.3 is 10.6 Å². The Morgan fingerprint density at radius 1 is 1.19 bits per heavy atom. The zero-order valence-electron chi connectivity index (χ0n) is 11.2. The summed E-state index contributed by atoms with van der Waals surface area (Å²) in [6.07, 6.45) is 0. The Labute approximate surface area is 134 Å². The van der Waals surface area contributed by atoms with Crippen LogP contribution in [0.5, 0.6) is 0 Å². The van der Waals surface area contributed by atoms with Crippen LogP contribution >= 0.6 is 22.6 Å². The van der Waals surface area contributed by atoms with Gasteiger partial charge in [0.05, 0.1) is 0 Å². The lowest BCUT2D eigenvalue weighted by molar-refractivity contribution is 0.102. The summed E-state index contributed by atoms with van der Waals surface area (Å²) in [6.45, 7) is 2.12. The summed E-state index contributed by atoms with van der Waals surface area (Å²) in [5, 5.41) is 5.19. The summed E-state index contributed by atoms with van der Waals surface area (Å²) < 4.78 is 28.5. The fraction of sp³-hybridized carbons (Fsp3) is 0.133. The van der Waals surface area contributed by atoms with Crippen molar-refractivity contribution in [3.8, 4) is 0 Å². The Balaban J connectivity index is 2.24. The van der Waals surface area contributed by atoms with Gasteiger partial charge in [0, 0.05) is 21.4 Å². The molecule has 2 rings (SSSR count). The fourth-order valence-corrected chi connectivity index (χ4v) is 2.36. The second-order valence-electron chi connectivity index (χ2n) is 4.31. The molecule has 0 aliphatic carbocycles. The van der Waals surface area contributed by atoms with Crippen molar-refractivity contribution in [1.29, 1.82) is 0 Å². The van der Waals surface area contributed by atoms with Gasteiger partial charge in [-0.1, -0.05) is 6.07 Å². The molecule has 110 valence electrons. The number of carbonyl (C=O) groups excluding carboxylic acids is 1. The first-order valence-electron chi connectivity index (χ1n) is 6.31. The molecule has 0 saturated carbocycles. The lowest BCUT2D eigenvalue weighted by Gasteiger charge is -2.10. The van der Waals surface area contributed by atoms with Gasteiger partial charge >= 0.3 is 0 Å². The summed E-state index contributed by atoms with van der Waals surface area (Å²) in [5.41, 5.74) is 0.289. The zero-order chi connectivity index (χ0) is 15.4. The predicted octanol–water partition coefficient (Wildman–Crippen LogP) is 4.25. The molecule has 0 aliphatic rings. The third kappa shape index (κ3) is 3.90. The van der Waals surface area contributed by atoms with E-state index in [1.807, 2.05) is 6.07 Å². The maximum absolute atomic E-state index is 13.8. The second-order valence-corrected chi connectivity index (χ2v) is 5.56. The molecular weight excluding hydrogens is 389 g/mol. The monoisotopic (exact) mass is 402 g/mol. The Kier molecular flexibility index (Phi) is 5.11. The third-order valence-electron chi connectivity index (χ3n) is 2.74. The van der Waals surface area contributed by atoms with Gasteiger partial charge in [-0.15, -0.1) is 0 Å². The number of rotatable bonds is 4. The molecule has 0 radical (unpaired) electrons. The van der Waals surface area contributed by atoms with Crippen molar-refractivity contribution >= 4 is 39.9 Å². The quantitative estimate of drug-likeness (QED) is 0.751. The topological polar surface area (TPSA) is 41.1 Å². The van der Waals surface area contributed by atoms with Gasteiger partial charge in [0.1, 0.15) is 17.3 Å². The maximum Gasteiger partial charge on any atom is 0.255 e. The van der Waals surface area contributed by atoms with Crippen LogP contribution in [0, 0.1) is 15.2 Å². The first-order chi connectivity index (χ1) is 10.0. The number of nitrogens with one attached hydrogen (secondary N) is 2. The predicted molar refractivity (Wildman–Crippen MR) is 87.6 cm³/mol. The molecular formula is C15H13F2IN2O. The number of hydrogen-bond donors (Lipinski definition) is 2. The van der Waals surface area contributed by atoms with Crippen LogP contribution in [0.25, 0.3) is 0 Å². The van der Waals surface area contributed by atoms with Gasteiger partial charge in [-0.05, 0) is 59.8 Å². The van der Waals surface area contributed by atoms with E-state index in [1.165, 1.54) is 0 Å². The highest BCUT2D eigenvalue weighted by molar-refractivity contribution is 14.1. The maximum atomic E-state index is 13.8. The van der Waals surface area contributed by atoms with Crippen LogP contribution in [0.4, 0.5) is 20.2 Å². The SMILES string of the molecule is CCNc1c(F)cc(C(=O)Nc2cccc(I)c2)cc1F. The first kappa shape index (κ1) is 15.7. The fourth-order valence-electron chi connectivity index (χ4n) is 1.82. The number of amides is 1. The highest BCUT2D eigenvalue weighted by Crippen LogP contribution is 2.21. The van der Waals surface area contributed by atoms with Crippen molar-refractivity contribution in [3.63, 3.8) is 0 Å². The number of anilines is 2. The van der Waals surface area contributed by atoms with E-state index in [0.717, 1.165) is 15.7 Å². The normalized spacial score (nSPS) is 10.3. The number of benzene rings is 2. The number of halogens is 3. The van der Waals surface area contributed by atoms with Gasteiger partial charge in [0.25, 0.3) is 5.91 Å². The molecule has 0 atom stereocenters. The summed E-state index contributed by atoms with van der Waals surface area (Å²) in [4.78, 5) is 12.0. The molecule has 0 aromatic heterocycles. The van der Waals surface area contributed by atoms with E-state index in [9.17, 15) is 13.6 Å². The van der Waals surface area contributed by atoms with Crippen molar-refractivity contribution in [3.05, 3.63) is 57.2 Å². The average Bonchev–Trinajstić information content (AvgIpc) is 2.42. The van der Waals surface area contributed by atoms with Gasteiger partial charge in [0.2, 0.25) is 0 Å². The molecule has 2 N–H and O–H groups in total. The zero-order valence-corrected chi connectivity index (χ0v) is 13.4. The molecule has 2 aromatic carbocycles. The van der Waals surface area contributed by atoms with Crippen LogP contribution < -0.4 is 10.6 Å². The van der Waals surface area contributed by atoms with E-state index < -0.39 is 17.5 Å². The summed E-state index contributed by atoms with van der Waals surface area (Å²) in [7, 11) is 0. The third-order valence-corrected chi connectivity index (χ3v) is 3.41. The smallest absolute Gasteiger partial charge is 0.255 e. The van der Waals surface area contributed by atoms with Gasteiger partial charge in [-0.2, -0.15) is 0 Å². The summed E-state index contributed by atoms with van der Waals surface area (Å²) >= 11 is 2.11. The molecule has 6 heteroatoms. The van der Waals surface area contributed by atoms with E-state index in [-0.39, 0.29) is 11.3 Å². The molecule has 0 bridgehead atoms. The van der Waals surface area contributed by atoms with Gasteiger partial charge in [-0.25, -0.2) is 8.78 Å². The molecule has 0 aliphatic heterocycles. The van der Waals surface area contributed by atoms with Gasteiger partial charge in [0.15, 0.2) is 0 Å².